The lowest BCUT2D eigenvalue weighted by Gasteiger charge is -2.31. The van der Waals surface area contributed by atoms with Gasteiger partial charge in [0.1, 0.15) is 0 Å². The number of hydrogen-bond acceptors (Lipinski definition) is 2. The highest BCUT2D eigenvalue weighted by molar-refractivity contribution is 5.78. The monoisotopic (exact) mass is 261 g/mol. The van der Waals surface area contributed by atoms with E-state index in [0.29, 0.717) is 6.42 Å². The minimum atomic E-state index is -0.675. The van der Waals surface area contributed by atoms with Gasteiger partial charge in [-0.2, -0.15) is 0 Å². The number of hydrogen-bond donors (Lipinski definition) is 1. The predicted octanol–water partition coefficient (Wildman–Crippen LogP) is 2.78. The first-order valence-electron chi connectivity index (χ1n) is 6.59. The van der Waals surface area contributed by atoms with Crippen LogP contribution >= 0.6 is 0 Å². The standard InChI is InChI=1S/C16H23NO2/c1-5-9-12(2)16(19)17(4)13(3)15(18)14-10-7-6-8-11-14/h5-8,10-13,15,18H,1,9H2,2-4H3/t12-,13+,15-/m1/s1. The molecule has 1 rings (SSSR count). The van der Waals surface area contributed by atoms with Crippen LogP contribution in [0.5, 0.6) is 0 Å². The topological polar surface area (TPSA) is 40.5 Å². The molecule has 104 valence electrons. The first-order valence-corrected chi connectivity index (χ1v) is 6.59. The Kier molecular flexibility index (Phi) is 5.77. The van der Waals surface area contributed by atoms with Crippen molar-refractivity contribution in [2.75, 3.05) is 7.05 Å². The molecule has 1 N–H and O–H groups in total. The second-order valence-electron chi connectivity index (χ2n) is 4.97. The van der Waals surface area contributed by atoms with Crippen molar-refractivity contribution in [2.45, 2.75) is 32.4 Å². The number of rotatable bonds is 6. The minimum Gasteiger partial charge on any atom is -0.386 e. The van der Waals surface area contributed by atoms with Crippen LogP contribution in [0.25, 0.3) is 0 Å². The van der Waals surface area contributed by atoms with Crippen LogP contribution in [-0.4, -0.2) is 29.0 Å². The molecular formula is C16H23NO2. The van der Waals surface area contributed by atoms with Crippen molar-refractivity contribution in [3.05, 3.63) is 48.6 Å². The van der Waals surface area contributed by atoms with Gasteiger partial charge in [-0.25, -0.2) is 0 Å². The third-order valence-electron chi connectivity index (χ3n) is 3.50. The fourth-order valence-electron chi connectivity index (χ4n) is 2.04. The molecule has 1 aromatic carbocycles. The van der Waals surface area contributed by atoms with E-state index in [0.717, 1.165) is 5.56 Å². The average molecular weight is 261 g/mol. The molecule has 3 atom stereocenters. The molecule has 0 fully saturated rings. The van der Waals surface area contributed by atoms with Crippen LogP contribution in [0.1, 0.15) is 31.9 Å². The van der Waals surface area contributed by atoms with E-state index in [2.05, 4.69) is 6.58 Å². The molecule has 0 unspecified atom stereocenters. The van der Waals surface area contributed by atoms with Crippen molar-refractivity contribution in [1.82, 2.24) is 4.90 Å². The Morgan fingerprint density at radius 2 is 1.95 bits per heavy atom. The Hall–Kier alpha value is -1.61. The van der Waals surface area contributed by atoms with E-state index < -0.39 is 6.10 Å². The number of carbonyl (C=O) groups excluding carboxylic acids is 1. The van der Waals surface area contributed by atoms with Gasteiger partial charge in [0.15, 0.2) is 0 Å². The van der Waals surface area contributed by atoms with E-state index in [1.807, 2.05) is 44.2 Å². The molecule has 0 radical (unpaired) electrons. The van der Waals surface area contributed by atoms with E-state index in [9.17, 15) is 9.90 Å². The van der Waals surface area contributed by atoms with E-state index in [1.54, 1.807) is 18.0 Å². The third-order valence-corrected chi connectivity index (χ3v) is 3.50. The lowest BCUT2D eigenvalue weighted by Crippen LogP contribution is -2.41. The summed E-state index contributed by atoms with van der Waals surface area (Å²) in [6.45, 7) is 7.38. The fraction of sp³-hybridized carbons (Fsp3) is 0.438. The van der Waals surface area contributed by atoms with Crippen molar-refractivity contribution < 1.29 is 9.90 Å². The Balaban J connectivity index is 2.73. The predicted molar refractivity (Wildman–Crippen MR) is 77.6 cm³/mol. The number of nitrogens with zero attached hydrogens (tertiary/aromatic N) is 1. The average Bonchev–Trinajstić information content (AvgIpc) is 2.45. The highest BCUT2D eigenvalue weighted by atomic mass is 16.3. The number of aliphatic hydroxyl groups is 1. The van der Waals surface area contributed by atoms with E-state index in [1.165, 1.54) is 0 Å². The molecule has 3 nitrogen and oxygen atoms in total. The number of amides is 1. The molecule has 0 aliphatic heterocycles. The van der Waals surface area contributed by atoms with Gasteiger partial charge in [0, 0.05) is 13.0 Å². The first kappa shape index (κ1) is 15.4. The largest absolute Gasteiger partial charge is 0.386 e. The zero-order chi connectivity index (χ0) is 14.4. The van der Waals surface area contributed by atoms with Crippen molar-refractivity contribution in [3.8, 4) is 0 Å². The highest BCUT2D eigenvalue weighted by Crippen LogP contribution is 2.21. The molecule has 0 aliphatic rings. The van der Waals surface area contributed by atoms with Gasteiger partial charge in [0.05, 0.1) is 12.1 Å². The minimum absolute atomic E-state index is 0.0300. The van der Waals surface area contributed by atoms with Gasteiger partial charge >= 0.3 is 0 Å². The van der Waals surface area contributed by atoms with Crippen molar-refractivity contribution in [3.63, 3.8) is 0 Å². The molecule has 3 heteroatoms. The maximum Gasteiger partial charge on any atom is 0.225 e. The fourth-order valence-corrected chi connectivity index (χ4v) is 2.04. The Bertz CT molecular complexity index is 416. The lowest BCUT2D eigenvalue weighted by molar-refractivity contribution is -0.137. The molecule has 0 saturated heterocycles. The van der Waals surface area contributed by atoms with Gasteiger partial charge in [-0.3, -0.25) is 4.79 Å². The smallest absolute Gasteiger partial charge is 0.225 e. The van der Waals surface area contributed by atoms with E-state index >= 15 is 0 Å². The molecule has 0 heterocycles. The summed E-state index contributed by atoms with van der Waals surface area (Å²) >= 11 is 0. The summed E-state index contributed by atoms with van der Waals surface area (Å²) in [5.41, 5.74) is 0.825. The van der Waals surface area contributed by atoms with E-state index in [-0.39, 0.29) is 17.9 Å². The van der Waals surface area contributed by atoms with Crippen LogP contribution in [0.3, 0.4) is 0 Å². The van der Waals surface area contributed by atoms with Crippen LogP contribution in [0, 0.1) is 5.92 Å². The summed E-state index contributed by atoms with van der Waals surface area (Å²) < 4.78 is 0. The van der Waals surface area contributed by atoms with Crippen LogP contribution in [0.4, 0.5) is 0 Å². The Morgan fingerprint density at radius 1 is 1.37 bits per heavy atom. The number of allylic oxidation sites excluding steroid dienone is 1. The molecule has 1 aromatic rings. The van der Waals surface area contributed by atoms with Gasteiger partial charge in [-0.1, -0.05) is 43.3 Å². The zero-order valence-corrected chi connectivity index (χ0v) is 11.9. The highest BCUT2D eigenvalue weighted by Gasteiger charge is 2.26. The number of likely N-dealkylation sites (N-methyl/N-ethyl adjacent to an activating group) is 1. The maximum atomic E-state index is 12.2. The van der Waals surface area contributed by atoms with Crippen molar-refractivity contribution >= 4 is 5.91 Å². The van der Waals surface area contributed by atoms with Gasteiger partial charge in [0.25, 0.3) is 0 Å². The summed E-state index contributed by atoms with van der Waals surface area (Å²) in [6, 6.07) is 9.14. The molecule has 0 bridgehead atoms. The van der Waals surface area contributed by atoms with Gasteiger partial charge in [0.2, 0.25) is 5.91 Å². The summed E-state index contributed by atoms with van der Waals surface area (Å²) in [7, 11) is 1.73. The van der Waals surface area contributed by atoms with Gasteiger partial charge in [-0.05, 0) is 18.9 Å². The molecule has 0 aromatic heterocycles. The number of carbonyl (C=O) groups is 1. The quantitative estimate of drug-likeness (QED) is 0.800. The Morgan fingerprint density at radius 3 is 2.47 bits per heavy atom. The lowest BCUT2D eigenvalue weighted by atomic mass is 10.0. The summed E-state index contributed by atoms with van der Waals surface area (Å²) in [4.78, 5) is 13.8. The molecule has 0 saturated carbocycles. The second kappa shape index (κ2) is 7.10. The van der Waals surface area contributed by atoms with Crippen LogP contribution in [0.15, 0.2) is 43.0 Å². The molecule has 0 spiro atoms. The third kappa shape index (κ3) is 3.93. The summed E-state index contributed by atoms with van der Waals surface area (Å²) in [5, 5.41) is 10.3. The second-order valence-corrected chi connectivity index (χ2v) is 4.97. The molecule has 19 heavy (non-hydrogen) atoms. The maximum absolute atomic E-state index is 12.2. The van der Waals surface area contributed by atoms with Gasteiger partial charge < -0.3 is 10.0 Å². The number of aliphatic hydroxyl groups excluding tert-OH is 1. The van der Waals surface area contributed by atoms with Gasteiger partial charge in [-0.15, -0.1) is 6.58 Å². The van der Waals surface area contributed by atoms with Crippen LogP contribution in [-0.2, 0) is 4.79 Å². The van der Waals surface area contributed by atoms with Crippen LogP contribution in [0.2, 0.25) is 0 Å². The zero-order valence-electron chi connectivity index (χ0n) is 11.9. The summed E-state index contributed by atoms with van der Waals surface area (Å²) in [5.74, 6) is -0.0738. The number of benzene rings is 1. The van der Waals surface area contributed by atoms with Crippen LogP contribution < -0.4 is 0 Å². The molecule has 0 aliphatic carbocycles. The van der Waals surface area contributed by atoms with Crippen molar-refractivity contribution in [1.29, 1.82) is 0 Å². The first-order chi connectivity index (χ1) is 8.99. The molecule has 1 amide bonds. The normalized spacial score (nSPS) is 15.4. The Labute approximate surface area is 115 Å². The SMILES string of the molecule is C=CC[C@@H](C)C(=O)N(C)[C@@H](C)[C@@H](O)c1ccccc1. The molecular weight excluding hydrogens is 238 g/mol. The summed E-state index contributed by atoms with van der Waals surface area (Å²) in [6.07, 6.45) is 1.72. The van der Waals surface area contributed by atoms with Crippen molar-refractivity contribution in [2.24, 2.45) is 5.92 Å². The van der Waals surface area contributed by atoms with E-state index in [4.69, 9.17) is 0 Å².